The van der Waals surface area contributed by atoms with Crippen LogP contribution >= 0.6 is 0 Å². The van der Waals surface area contributed by atoms with Gasteiger partial charge in [-0.1, -0.05) is 24.3 Å². The van der Waals surface area contributed by atoms with E-state index in [2.05, 4.69) is 24.0 Å². The predicted molar refractivity (Wildman–Crippen MR) is 95.6 cm³/mol. The van der Waals surface area contributed by atoms with E-state index in [-0.39, 0.29) is 11.5 Å². The molecule has 0 radical (unpaired) electrons. The molecule has 2 heterocycles. The molecule has 5 heteroatoms. The lowest BCUT2D eigenvalue weighted by atomic mass is 9.87. The summed E-state index contributed by atoms with van der Waals surface area (Å²) in [5, 5.41) is 9.05. The van der Waals surface area contributed by atoms with Crippen molar-refractivity contribution >= 4 is 5.91 Å². The number of rotatable bonds is 2. The minimum Gasteiger partial charge on any atom is -0.338 e. The van der Waals surface area contributed by atoms with Crippen LogP contribution in [0.3, 0.4) is 0 Å². The fourth-order valence-corrected chi connectivity index (χ4v) is 3.56. The van der Waals surface area contributed by atoms with Gasteiger partial charge in [0.15, 0.2) is 0 Å². The number of nitrogens with zero attached hydrogens (tertiary/aromatic N) is 2. The van der Waals surface area contributed by atoms with E-state index >= 15 is 0 Å². The molecule has 3 rings (SSSR count). The van der Waals surface area contributed by atoms with Crippen molar-refractivity contribution in [2.75, 3.05) is 13.1 Å². The molecule has 5 nitrogen and oxygen atoms in total. The number of aromatic amines is 1. The lowest BCUT2D eigenvalue weighted by Gasteiger charge is -2.34. The summed E-state index contributed by atoms with van der Waals surface area (Å²) in [4.78, 5) is 29.1. The number of carbonyl (C=O) groups is 1. The van der Waals surface area contributed by atoms with E-state index in [0.29, 0.717) is 30.3 Å². The Kier molecular flexibility index (Phi) is 4.71. The highest BCUT2D eigenvalue weighted by molar-refractivity contribution is 5.95. The predicted octanol–water partition coefficient (Wildman–Crippen LogP) is 2.88. The molecular formula is C20H21N3O2. The Balaban J connectivity index is 1.87. The number of hydrogen-bond donors (Lipinski definition) is 1. The summed E-state index contributed by atoms with van der Waals surface area (Å²) in [6, 6.07) is 11.6. The van der Waals surface area contributed by atoms with Gasteiger partial charge in [0.05, 0.1) is 5.56 Å². The second-order valence-electron chi connectivity index (χ2n) is 6.61. The standard InChI is InChI=1S/C20H21N3O2/c1-13-6-3-4-8-17(13)15-7-5-9-23(12-15)20(25)18-10-16(11-21)19(24)22-14(18)2/h3-4,6,8,10,15H,5,7,9,12H2,1-2H3,(H,22,24). The van der Waals surface area contributed by atoms with Gasteiger partial charge in [0, 0.05) is 24.7 Å². The highest BCUT2D eigenvalue weighted by Gasteiger charge is 2.27. The fourth-order valence-electron chi connectivity index (χ4n) is 3.56. The third-order valence-corrected chi connectivity index (χ3v) is 4.93. The third kappa shape index (κ3) is 3.34. The van der Waals surface area contributed by atoms with E-state index in [9.17, 15) is 9.59 Å². The first-order valence-corrected chi connectivity index (χ1v) is 8.50. The first kappa shape index (κ1) is 17.0. The number of amides is 1. The lowest BCUT2D eigenvalue weighted by molar-refractivity contribution is 0.0705. The number of carbonyl (C=O) groups excluding carboxylic acids is 1. The molecule has 0 spiro atoms. The lowest BCUT2D eigenvalue weighted by Crippen LogP contribution is -2.40. The van der Waals surface area contributed by atoms with Crippen LogP contribution in [0, 0.1) is 25.2 Å². The molecule has 25 heavy (non-hydrogen) atoms. The van der Waals surface area contributed by atoms with Crippen LogP contribution in [0.15, 0.2) is 35.1 Å². The van der Waals surface area contributed by atoms with Gasteiger partial charge in [0.25, 0.3) is 11.5 Å². The maximum Gasteiger partial charge on any atom is 0.266 e. The summed E-state index contributed by atoms with van der Waals surface area (Å²) in [6.07, 6.45) is 2.00. The van der Waals surface area contributed by atoms with Crippen molar-refractivity contribution in [3.8, 4) is 6.07 Å². The van der Waals surface area contributed by atoms with Crippen molar-refractivity contribution in [1.82, 2.24) is 9.88 Å². The van der Waals surface area contributed by atoms with Crippen molar-refractivity contribution in [2.45, 2.75) is 32.6 Å². The van der Waals surface area contributed by atoms with E-state index in [4.69, 9.17) is 5.26 Å². The number of nitriles is 1. The summed E-state index contributed by atoms with van der Waals surface area (Å²) in [5.74, 6) is 0.195. The first-order chi connectivity index (χ1) is 12.0. The van der Waals surface area contributed by atoms with Gasteiger partial charge in [-0.3, -0.25) is 9.59 Å². The van der Waals surface area contributed by atoms with Gasteiger partial charge in [-0.15, -0.1) is 0 Å². The summed E-state index contributed by atoms with van der Waals surface area (Å²) >= 11 is 0. The Morgan fingerprint density at radius 3 is 2.80 bits per heavy atom. The van der Waals surface area contributed by atoms with E-state index in [1.165, 1.54) is 17.2 Å². The van der Waals surface area contributed by atoms with E-state index in [1.54, 1.807) is 6.92 Å². The summed E-state index contributed by atoms with van der Waals surface area (Å²) in [6.45, 7) is 5.14. The normalized spacial score (nSPS) is 17.2. The van der Waals surface area contributed by atoms with Gasteiger partial charge >= 0.3 is 0 Å². The number of H-pyrrole nitrogens is 1. The molecule has 1 fully saturated rings. The number of aryl methyl sites for hydroxylation is 2. The van der Waals surface area contributed by atoms with Crippen molar-refractivity contribution in [3.63, 3.8) is 0 Å². The average Bonchev–Trinajstić information content (AvgIpc) is 2.62. The van der Waals surface area contributed by atoms with Gasteiger partial charge < -0.3 is 9.88 Å². The number of aromatic nitrogens is 1. The van der Waals surface area contributed by atoms with E-state index < -0.39 is 5.56 Å². The number of piperidine rings is 1. The number of benzene rings is 1. The molecule has 0 bridgehead atoms. The molecule has 1 N–H and O–H groups in total. The smallest absolute Gasteiger partial charge is 0.266 e. The van der Waals surface area contributed by atoms with Gasteiger partial charge in [-0.25, -0.2) is 0 Å². The Hall–Kier alpha value is -2.87. The molecule has 1 aromatic heterocycles. The van der Waals surface area contributed by atoms with Crippen molar-refractivity contribution < 1.29 is 4.79 Å². The summed E-state index contributed by atoms with van der Waals surface area (Å²) < 4.78 is 0. The average molecular weight is 335 g/mol. The number of nitrogens with one attached hydrogen (secondary N) is 1. The van der Waals surface area contributed by atoms with Gasteiger partial charge in [-0.05, 0) is 43.9 Å². The molecule has 1 atom stereocenters. The van der Waals surface area contributed by atoms with E-state index in [0.717, 1.165) is 12.8 Å². The van der Waals surface area contributed by atoms with Crippen molar-refractivity contribution in [3.05, 3.63) is 68.6 Å². The number of hydrogen-bond acceptors (Lipinski definition) is 3. The molecule has 0 saturated carbocycles. The molecule has 1 saturated heterocycles. The monoisotopic (exact) mass is 335 g/mol. The van der Waals surface area contributed by atoms with Gasteiger partial charge in [0.1, 0.15) is 11.6 Å². The molecule has 0 aliphatic carbocycles. The van der Waals surface area contributed by atoms with Gasteiger partial charge in [0.2, 0.25) is 0 Å². The van der Waals surface area contributed by atoms with Crippen molar-refractivity contribution in [2.24, 2.45) is 0 Å². The molecule has 1 aliphatic heterocycles. The molecular weight excluding hydrogens is 314 g/mol. The molecule has 1 unspecified atom stereocenters. The maximum atomic E-state index is 13.0. The van der Waals surface area contributed by atoms with Crippen molar-refractivity contribution in [1.29, 1.82) is 5.26 Å². The second kappa shape index (κ2) is 6.94. The fraction of sp³-hybridized carbons (Fsp3) is 0.350. The minimum absolute atomic E-state index is 0.0265. The van der Waals surface area contributed by atoms with Crippen LogP contribution in [-0.4, -0.2) is 28.9 Å². The molecule has 128 valence electrons. The SMILES string of the molecule is Cc1ccccc1C1CCCN(C(=O)c2cc(C#N)c(=O)[nH]c2C)C1. The van der Waals surface area contributed by atoms with E-state index in [1.807, 2.05) is 23.1 Å². The molecule has 2 aromatic rings. The third-order valence-electron chi connectivity index (χ3n) is 4.93. The van der Waals surface area contributed by atoms with Crippen LogP contribution < -0.4 is 5.56 Å². The van der Waals surface area contributed by atoms with Crippen LogP contribution in [0.1, 0.15) is 51.5 Å². The Morgan fingerprint density at radius 1 is 1.32 bits per heavy atom. The molecule has 1 aromatic carbocycles. The maximum absolute atomic E-state index is 13.0. The molecule has 1 aliphatic rings. The zero-order valence-electron chi connectivity index (χ0n) is 14.5. The van der Waals surface area contributed by atoms with Crippen LogP contribution in [0.4, 0.5) is 0 Å². The minimum atomic E-state index is -0.451. The highest BCUT2D eigenvalue weighted by atomic mass is 16.2. The van der Waals surface area contributed by atoms with Crippen LogP contribution in [0.2, 0.25) is 0 Å². The van der Waals surface area contributed by atoms with Crippen LogP contribution in [-0.2, 0) is 0 Å². The second-order valence-corrected chi connectivity index (χ2v) is 6.61. The van der Waals surface area contributed by atoms with Gasteiger partial charge in [-0.2, -0.15) is 5.26 Å². The Morgan fingerprint density at radius 2 is 2.08 bits per heavy atom. The summed E-state index contributed by atoms with van der Waals surface area (Å²) in [7, 11) is 0. The first-order valence-electron chi connectivity index (χ1n) is 8.50. The summed E-state index contributed by atoms with van der Waals surface area (Å²) in [5.41, 5.74) is 2.97. The zero-order chi connectivity index (χ0) is 18.0. The zero-order valence-corrected chi connectivity index (χ0v) is 14.5. The highest BCUT2D eigenvalue weighted by Crippen LogP contribution is 2.29. The molecule has 1 amide bonds. The quantitative estimate of drug-likeness (QED) is 0.917. The number of likely N-dealkylation sites (tertiary alicyclic amines) is 1. The largest absolute Gasteiger partial charge is 0.338 e. The topological polar surface area (TPSA) is 77.0 Å². The van der Waals surface area contributed by atoms with Crippen LogP contribution in [0.25, 0.3) is 0 Å². The number of pyridine rings is 1. The Labute approximate surface area is 146 Å². The Bertz CT molecular complexity index is 908. The van der Waals surface area contributed by atoms with Crippen LogP contribution in [0.5, 0.6) is 0 Å².